The van der Waals surface area contributed by atoms with Gasteiger partial charge in [-0.1, -0.05) is 25.7 Å². The van der Waals surface area contributed by atoms with Gasteiger partial charge in [-0.2, -0.15) is 0 Å². The number of pyridine rings is 1. The predicted octanol–water partition coefficient (Wildman–Crippen LogP) is 2.36. The predicted molar refractivity (Wildman–Crippen MR) is 78.9 cm³/mol. The standard InChI is InChI=1S/C15H20NO2S/c1-4-5-8-13(2)15(17)12-19-11-14-9-6-7-10-16(14)18-3/h5-10H,2,4,11-12H2,1,3H3/q+1/b8-5-. The number of nitrogens with zero attached hydrogens (tertiary/aromatic N) is 1. The molecule has 0 unspecified atom stereocenters. The highest BCUT2D eigenvalue weighted by atomic mass is 32.2. The fourth-order valence-electron chi connectivity index (χ4n) is 1.45. The summed E-state index contributed by atoms with van der Waals surface area (Å²) < 4.78 is 1.70. The minimum absolute atomic E-state index is 0.0783. The largest absolute Gasteiger partial charge is 0.293 e. The number of carbonyl (C=O) groups excluding carboxylic acids is 1. The van der Waals surface area contributed by atoms with Gasteiger partial charge in [-0.05, 0) is 12.5 Å². The molecule has 1 heterocycles. The molecule has 0 radical (unpaired) electrons. The van der Waals surface area contributed by atoms with E-state index >= 15 is 0 Å². The maximum Gasteiger partial charge on any atom is 0.244 e. The minimum atomic E-state index is 0.0783. The average molecular weight is 278 g/mol. The van der Waals surface area contributed by atoms with E-state index in [0.29, 0.717) is 11.3 Å². The number of aromatic nitrogens is 1. The molecule has 0 aromatic carbocycles. The molecule has 0 saturated carbocycles. The first kappa shape index (κ1) is 15.5. The van der Waals surface area contributed by atoms with Gasteiger partial charge in [-0.25, -0.2) is 0 Å². The Morgan fingerprint density at radius 2 is 2.32 bits per heavy atom. The van der Waals surface area contributed by atoms with Gasteiger partial charge in [0.15, 0.2) is 5.78 Å². The monoisotopic (exact) mass is 278 g/mol. The Bertz CT molecular complexity index is 469. The topological polar surface area (TPSA) is 30.2 Å². The molecule has 0 bridgehead atoms. The van der Waals surface area contributed by atoms with E-state index in [-0.39, 0.29) is 5.78 Å². The third kappa shape index (κ3) is 5.30. The molecule has 1 rings (SSSR count). The number of ketones is 1. The Morgan fingerprint density at radius 1 is 1.53 bits per heavy atom. The number of hydrogen-bond donors (Lipinski definition) is 0. The first-order chi connectivity index (χ1) is 9.19. The van der Waals surface area contributed by atoms with Crippen LogP contribution in [0.4, 0.5) is 0 Å². The molecule has 1 aromatic heterocycles. The van der Waals surface area contributed by atoms with Crippen molar-refractivity contribution in [3.05, 3.63) is 54.4 Å². The molecule has 0 spiro atoms. The van der Waals surface area contributed by atoms with E-state index < -0.39 is 0 Å². The molecule has 4 heteroatoms. The lowest BCUT2D eigenvalue weighted by atomic mass is 10.2. The molecule has 0 aliphatic carbocycles. The number of hydrogen-bond acceptors (Lipinski definition) is 3. The van der Waals surface area contributed by atoms with Crippen molar-refractivity contribution in [2.75, 3.05) is 12.9 Å². The van der Waals surface area contributed by atoms with Gasteiger partial charge in [0.2, 0.25) is 11.9 Å². The first-order valence-corrected chi connectivity index (χ1v) is 7.35. The van der Waals surface area contributed by atoms with Crippen LogP contribution in [0, 0.1) is 0 Å². The lowest BCUT2D eigenvalue weighted by molar-refractivity contribution is -0.889. The molecular weight excluding hydrogens is 258 g/mol. The molecule has 0 amide bonds. The van der Waals surface area contributed by atoms with E-state index in [4.69, 9.17) is 4.84 Å². The van der Waals surface area contributed by atoms with Crippen molar-refractivity contribution in [2.45, 2.75) is 19.1 Å². The van der Waals surface area contributed by atoms with Gasteiger partial charge in [-0.3, -0.25) is 9.63 Å². The van der Waals surface area contributed by atoms with E-state index in [1.54, 1.807) is 29.7 Å². The fraction of sp³-hybridized carbons (Fsp3) is 0.333. The van der Waals surface area contributed by atoms with Crippen LogP contribution in [0.15, 0.2) is 48.7 Å². The Kier molecular flexibility index (Phi) is 6.97. The van der Waals surface area contributed by atoms with Crippen molar-refractivity contribution in [3.63, 3.8) is 0 Å². The van der Waals surface area contributed by atoms with Gasteiger partial charge in [0.1, 0.15) is 7.11 Å². The number of carbonyl (C=O) groups is 1. The molecular formula is C15H20NO2S+. The van der Waals surface area contributed by atoms with Crippen molar-refractivity contribution in [1.82, 2.24) is 0 Å². The molecule has 19 heavy (non-hydrogen) atoms. The van der Waals surface area contributed by atoms with E-state index in [9.17, 15) is 4.79 Å². The lowest BCUT2D eigenvalue weighted by Gasteiger charge is -2.01. The van der Waals surface area contributed by atoms with Crippen molar-refractivity contribution < 1.29 is 14.4 Å². The van der Waals surface area contributed by atoms with E-state index in [2.05, 4.69) is 6.58 Å². The van der Waals surface area contributed by atoms with Crippen LogP contribution in [0.3, 0.4) is 0 Å². The Labute approximate surface area is 118 Å². The SMILES string of the molecule is C=C(/C=C\CC)C(=O)CSCc1cccc[n+]1OC. The number of rotatable bonds is 8. The quantitative estimate of drug-likeness (QED) is 0.415. The summed E-state index contributed by atoms with van der Waals surface area (Å²) in [6, 6.07) is 5.84. The van der Waals surface area contributed by atoms with Crippen molar-refractivity contribution >= 4 is 17.5 Å². The molecule has 0 saturated heterocycles. The van der Waals surface area contributed by atoms with Crippen LogP contribution in [0.2, 0.25) is 0 Å². The normalized spacial score (nSPS) is 10.6. The van der Waals surface area contributed by atoms with Crippen LogP contribution in [-0.4, -0.2) is 18.6 Å². The molecule has 0 aliphatic heterocycles. The van der Waals surface area contributed by atoms with E-state index in [0.717, 1.165) is 17.9 Å². The van der Waals surface area contributed by atoms with Crippen molar-refractivity contribution in [3.8, 4) is 0 Å². The van der Waals surface area contributed by atoms with Gasteiger partial charge >= 0.3 is 0 Å². The zero-order chi connectivity index (χ0) is 14.1. The smallest absolute Gasteiger partial charge is 0.244 e. The van der Waals surface area contributed by atoms with Gasteiger partial charge < -0.3 is 0 Å². The summed E-state index contributed by atoms with van der Waals surface area (Å²) in [5.41, 5.74) is 1.60. The maximum atomic E-state index is 11.8. The molecule has 1 aromatic rings. The van der Waals surface area contributed by atoms with Crippen LogP contribution < -0.4 is 9.57 Å². The molecule has 3 nitrogen and oxygen atoms in total. The zero-order valence-corrected chi connectivity index (χ0v) is 12.3. The molecule has 0 N–H and O–H groups in total. The van der Waals surface area contributed by atoms with Crippen LogP contribution >= 0.6 is 11.8 Å². The maximum absolute atomic E-state index is 11.8. The summed E-state index contributed by atoms with van der Waals surface area (Å²) in [5.74, 6) is 1.24. The number of allylic oxidation sites excluding steroid dienone is 3. The lowest BCUT2D eigenvalue weighted by Crippen LogP contribution is -2.43. The summed E-state index contributed by atoms with van der Waals surface area (Å²) >= 11 is 1.56. The summed E-state index contributed by atoms with van der Waals surface area (Å²) in [4.78, 5) is 17.0. The van der Waals surface area contributed by atoms with E-state index in [1.807, 2.05) is 37.4 Å². The molecule has 102 valence electrons. The van der Waals surface area contributed by atoms with Crippen LogP contribution in [0.1, 0.15) is 19.0 Å². The molecule has 0 atom stereocenters. The van der Waals surface area contributed by atoms with Crippen molar-refractivity contribution in [2.24, 2.45) is 0 Å². The highest BCUT2D eigenvalue weighted by Crippen LogP contribution is 2.11. The van der Waals surface area contributed by atoms with Gasteiger partial charge in [0.05, 0.1) is 11.5 Å². The van der Waals surface area contributed by atoms with Crippen LogP contribution in [0.5, 0.6) is 0 Å². The average Bonchev–Trinajstić information content (AvgIpc) is 2.45. The zero-order valence-electron chi connectivity index (χ0n) is 11.5. The van der Waals surface area contributed by atoms with Crippen LogP contribution in [0.25, 0.3) is 0 Å². The van der Waals surface area contributed by atoms with Crippen LogP contribution in [-0.2, 0) is 10.5 Å². The second-order valence-electron chi connectivity index (χ2n) is 3.95. The summed E-state index contributed by atoms with van der Waals surface area (Å²) in [6.07, 6.45) is 6.50. The Morgan fingerprint density at radius 3 is 3.00 bits per heavy atom. The first-order valence-electron chi connectivity index (χ1n) is 6.19. The highest BCUT2D eigenvalue weighted by molar-refractivity contribution is 7.99. The van der Waals surface area contributed by atoms with Crippen molar-refractivity contribution in [1.29, 1.82) is 0 Å². The van der Waals surface area contributed by atoms with E-state index in [1.165, 1.54) is 0 Å². The van der Waals surface area contributed by atoms with Gasteiger partial charge in [0, 0.05) is 22.4 Å². The summed E-state index contributed by atoms with van der Waals surface area (Å²) in [5, 5.41) is 0. The third-order valence-electron chi connectivity index (χ3n) is 2.50. The Hall–Kier alpha value is -1.55. The number of Topliss-reactive ketones (excluding diaryl/α,β-unsaturated/α-hetero) is 1. The minimum Gasteiger partial charge on any atom is -0.293 e. The van der Waals surface area contributed by atoms with Gasteiger partial charge in [0.25, 0.3) is 0 Å². The Balaban J connectivity index is 2.44. The second-order valence-corrected chi connectivity index (χ2v) is 4.94. The van der Waals surface area contributed by atoms with Gasteiger partial charge in [-0.15, -0.1) is 11.8 Å². The highest BCUT2D eigenvalue weighted by Gasteiger charge is 2.11. The summed E-state index contributed by atoms with van der Waals surface area (Å²) in [7, 11) is 1.62. The third-order valence-corrected chi connectivity index (χ3v) is 3.46. The molecule has 0 fully saturated rings. The molecule has 0 aliphatic rings. The second kappa shape index (κ2) is 8.53. The number of thioether (sulfide) groups is 1. The summed E-state index contributed by atoms with van der Waals surface area (Å²) in [6.45, 7) is 5.80. The fourth-order valence-corrected chi connectivity index (χ4v) is 2.35.